The molecule has 0 aromatic carbocycles. The lowest BCUT2D eigenvalue weighted by molar-refractivity contribution is 1.21. The first-order valence-electron chi connectivity index (χ1n) is 6.12. The summed E-state index contributed by atoms with van der Waals surface area (Å²) < 4.78 is 0. The smallest absolute Gasteiger partial charge is 0.163 e. The molecule has 0 saturated carbocycles. The zero-order chi connectivity index (χ0) is 13.5. The number of pyridine rings is 2. The van der Waals surface area contributed by atoms with Gasteiger partial charge >= 0.3 is 0 Å². The molecule has 0 fully saturated rings. The third kappa shape index (κ3) is 1.51. The molecule has 0 spiro atoms. The molecule has 0 atom stereocenters. The van der Waals surface area contributed by atoms with Crippen molar-refractivity contribution in [2.45, 2.75) is 0 Å². The van der Waals surface area contributed by atoms with Crippen LogP contribution in [0.1, 0.15) is 0 Å². The lowest BCUT2D eigenvalue weighted by atomic mass is 10.1. The molecule has 0 unspecified atom stereocenters. The van der Waals surface area contributed by atoms with Crippen molar-refractivity contribution in [1.29, 1.82) is 0 Å². The molecule has 6 heteroatoms. The number of hydrogen-bond donors (Lipinski definition) is 2. The van der Waals surface area contributed by atoms with Crippen LogP contribution in [0.15, 0.2) is 43.0 Å². The lowest BCUT2D eigenvalue weighted by Crippen LogP contribution is -1.98. The number of nitrogen functional groups attached to an aromatic ring is 1. The van der Waals surface area contributed by atoms with Crippen LogP contribution in [0.2, 0.25) is 0 Å². The van der Waals surface area contributed by atoms with Gasteiger partial charge in [-0.15, -0.1) is 0 Å². The van der Waals surface area contributed by atoms with Crippen molar-refractivity contribution in [1.82, 2.24) is 24.9 Å². The van der Waals surface area contributed by atoms with Crippen LogP contribution < -0.4 is 5.73 Å². The van der Waals surface area contributed by atoms with E-state index < -0.39 is 0 Å². The SMILES string of the molecule is Nc1nc(-c2ccnc3[nH]ccc23)nc2cnccc12. The van der Waals surface area contributed by atoms with Crippen molar-refractivity contribution in [2.24, 2.45) is 0 Å². The minimum Gasteiger partial charge on any atom is -0.383 e. The molecule has 4 rings (SSSR count). The van der Waals surface area contributed by atoms with E-state index in [4.69, 9.17) is 5.73 Å². The maximum atomic E-state index is 6.01. The first-order valence-corrected chi connectivity index (χ1v) is 6.12. The Morgan fingerprint density at radius 3 is 2.90 bits per heavy atom. The molecule has 4 heterocycles. The van der Waals surface area contributed by atoms with E-state index in [1.54, 1.807) is 18.6 Å². The number of fused-ring (bicyclic) bond motifs is 2. The second kappa shape index (κ2) is 3.99. The highest BCUT2D eigenvalue weighted by molar-refractivity contribution is 5.94. The van der Waals surface area contributed by atoms with E-state index in [0.29, 0.717) is 11.6 Å². The topological polar surface area (TPSA) is 93.4 Å². The Hall–Kier alpha value is -3.02. The lowest BCUT2D eigenvalue weighted by Gasteiger charge is -2.05. The molecule has 0 aliphatic carbocycles. The predicted molar refractivity (Wildman–Crippen MR) is 76.8 cm³/mol. The molecule has 0 saturated heterocycles. The van der Waals surface area contributed by atoms with E-state index in [9.17, 15) is 0 Å². The number of aromatic nitrogens is 5. The number of nitrogens with one attached hydrogen (secondary N) is 1. The summed E-state index contributed by atoms with van der Waals surface area (Å²) in [6, 6.07) is 5.64. The van der Waals surface area contributed by atoms with Crippen LogP contribution in [0.3, 0.4) is 0 Å². The fraction of sp³-hybridized carbons (Fsp3) is 0. The number of rotatable bonds is 1. The van der Waals surface area contributed by atoms with Crippen molar-refractivity contribution in [2.75, 3.05) is 5.73 Å². The summed E-state index contributed by atoms with van der Waals surface area (Å²) in [5.41, 5.74) is 8.44. The molecular weight excluding hydrogens is 252 g/mol. The molecule has 96 valence electrons. The Morgan fingerprint density at radius 2 is 1.95 bits per heavy atom. The summed E-state index contributed by atoms with van der Waals surface area (Å²) in [5.74, 6) is 1.03. The standard InChI is InChI=1S/C14H10N6/c15-12-10-1-4-16-7-11(10)19-14(20-12)9-3-6-18-13-8(9)2-5-17-13/h1-7H,(H,17,18)(H2,15,19,20). The van der Waals surface area contributed by atoms with Gasteiger partial charge in [-0.25, -0.2) is 15.0 Å². The third-order valence-electron chi connectivity index (χ3n) is 3.23. The molecule has 0 aliphatic heterocycles. The van der Waals surface area contributed by atoms with Crippen molar-refractivity contribution in [3.05, 3.63) is 43.0 Å². The monoisotopic (exact) mass is 262 g/mol. The summed E-state index contributed by atoms with van der Waals surface area (Å²) in [7, 11) is 0. The van der Waals surface area contributed by atoms with Gasteiger partial charge in [-0.05, 0) is 18.2 Å². The number of hydrogen-bond acceptors (Lipinski definition) is 5. The van der Waals surface area contributed by atoms with Gasteiger partial charge in [-0.1, -0.05) is 0 Å². The van der Waals surface area contributed by atoms with Crippen molar-refractivity contribution < 1.29 is 0 Å². The summed E-state index contributed by atoms with van der Waals surface area (Å²) in [5, 5.41) is 1.78. The molecule has 0 amide bonds. The molecule has 3 N–H and O–H groups in total. The van der Waals surface area contributed by atoms with Gasteiger partial charge in [0.2, 0.25) is 0 Å². The molecule has 4 aromatic rings. The molecule has 20 heavy (non-hydrogen) atoms. The highest BCUT2D eigenvalue weighted by atomic mass is 15.0. The van der Waals surface area contributed by atoms with Gasteiger partial charge in [0.15, 0.2) is 5.82 Å². The van der Waals surface area contributed by atoms with Crippen LogP contribution in [-0.2, 0) is 0 Å². The summed E-state index contributed by atoms with van der Waals surface area (Å²) in [4.78, 5) is 20.3. The number of anilines is 1. The van der Waals surface area contributed by atoms with Crippen LogP contribution in [0.5, 0.6) is 0 Å². The van der Waals surface area contributed by atoms with Gasteiger partial charge in [-0.2, -0.15) is 0 Å². The van der Waals surface area contributed by atoms with E-state index in [0.717, 1.165) is 27.5 Å². The van der Waals surface area contributed by atoms with Crippen molar-refractivity contribution >= 4 is 27.8 Å². The Balaban J connectivity index is 2.05. The van der Waals surface area contributed by atoms with Crippen molar-refractivity contribution in [3.63, 3.8) is 0 Å². The Bertz CT molecular complexity index is 927. The maximum Gasteiger partial charge on any atom is 0.163 e. The number of nitrogens with zero attached hydrogens (tertiary/aromatic N) is 4. The van der Waals surface area contributed by atoms with Gasteiger partial charge in [0.1, 0.15) is 11.5 Å². The van der Waals surface area contributed by atoms with Crippen LogP contribution in [-0.4, -0.2) is 24.9 Å². The zero-order valence-corrected chi connectivity index (χ0v) is 10.4. The first-order chi connectivity index (χ1) is 9.83. The average Bonchev–Trinajstić information content (AvgIpc) is 2.95. The quantitative estimate of drug-likeness (QED) is 0.548. The third-order valence-corrected chi connectivity index (χ3v) is 3.23. The Labute approximate surface area is 113 Å². The number of H-pyrrole nitrogens is 1. The highest BCUT2D eigenvalue weighted by Crippen LogP contribution is 2.27. The van der Waals surface area contributed by atoms with Gasteiger partial charge in [0, 0.05) is 34.9 Å². The predicted octanol–water partition coefficient (Wildman–Crippen LogP) is 2.15. The minimum absolute atomic E-state index is 0.452. The molecule has 0 radical (unpaired) electrons. The summed E-state index contributed by atoms with van der Waals surface area (Å²) >= 11 is 0. The largest absolute Gasteiger partial charge is 0.383 e. The summed E-state index contributed by atoms with van der Waals surface area (Å²) in [6.07, 6.45) is 6.93. The Kier molecular flexibility index (Phi) is 2.17. The van der Waals surface area contributed by atoms with Gasteiger partial charge in [0.05, 0.1) is 11.7 Å². The number of aromatic amines is 1. The van der Waals surface area contributed by atoms with E-state index in [2.05, 4.69) is 24.9 Å². The molecule has 0 bridgehead atoms. The number of nitrogens with two attached hydrogens (primary N) is 1. The average molecular weight is 262 g/mol. The fourth-order valence-electron chi connectivity index (χ4n) is 2.28. The minimum atomic E-state index is 0.452. The zero-order valence-electron chi connectivity index (χ0n) is 10.4. The molecular formula is C14H10N6. The van der Waals surface area contributed by atoms with Crippen LogP contribution in [0.4, 0.5) is 5.82 Å². The second-order valence-corrected chi connectivity index (χ2v) is 4.42. The molecule has 4 aromatic heterocycles. The van der Waals surface area contributed by atoms with E-state index >= 15 is 0 Å². The molecule has 6 nitrogen and oxygen atoms in total. The highest BCUT2D eigenvalue weighted by Gasteiger charge is 2.11. The van der Waals surface area contributed by atoms with Gasteiger partial charge in [-0.3, -0.25) is 4.98 Å². The Morgan fingerprint density at radius 1 is 1.00 bits per heavy atom. The van der Waals surface area contributed by atoms with Crippen LogP contribution in [0.25, 0.3) is 33.3 Å². The van der Waals surface area contributed by atoms with Crippen LogP contribution in [0, 0.1) is 0 Å². The van der Waals surface area contributed by atoms with E-state index in [1.807, 2.05) is 24.4 Å². The van der Waals surface area contributed by atoms with E-state index in [-0.39, 0.29) is 0 Å². The van der Waals surface area contributed by atoms with Gasteiger partial charge < -0.3 is 10.7 Å². The molecule has 0 aliphatic rings. The van der Waals surface area contributed by atoms with E-state index in [1.165, 1.54) is 0 Å². The van der Waals surface area contributed by atoms with Crippen molar-refractivity contribution in [3.8, 4) is 11.4 Å². The van der Waals surface area contributed by atoms with Crippen LogP contribution >= 0.6 is 0 Å². The normalized spacial score (nSPS) is 11.2. The van der Waals surface area contributed by atoms with Gasteiger partial charge in [0.25, 0.3) is 0 Å². The fourth-order valence-corrected chi connectivity index (χ4v) is 2.28. The summed E-state index contributed by atoms with van der Waals surface area (Å²) in [6.45, 7) is 0. The first kappa shape index (κ1) is 10.9. The second-order valence-electron chi connectivity index (χ2n) is 4.42. The maximum absolute atomic E-state index is 6.01.